The number of anilines is 1. The van der Waals surface area contributed by atoms with Crippen molar-refractivity contribution in [1.82, 2.24) is 9.97 Å². The highest BCUT2D eigenvalue weighted by molar-refractivity contribution is 9.10. The maximum absolute atomic E-state index is 4.74. The summed E-state index contributed by atoms with van der Waals surface area (Å²) in [6.45, 7) is 0.679. The fourth-order valence-electron chi connectivity index (χ4n) is 2.83. The summed E-state index contributed by atoms with van der Waals surface area (Å²) in [7, 11) is 0. The number of halogens is 1. The van der Waals surface area contributed by atoms with E-state index in [-0.39, 0.29) is 0 Å². The van der Waals surface area contributed by atoms with Crippen molar-refractivity contribution in [3.63, 3.8) is 0 Å². The van der Waals surface area contributed by atoms with Crippen LogP contribution in [-0.2, 0) is 6.54 Å². The molecule has 1 N–H and O–H groups in total. The van der Waals surface area contributed by atoms with Gasteiger partial charge in [0.1, 0.15) is 0 Å². The first-order valence-electron chi connectivity index (χ1n) is 8.76. The van der Waals surface area contributed by atoms with Crippen LogP contribution in [0.25, 0.3) is 22.5 Å². The molecule has 27 heavy (non-hydrogen) atoms. The molecule has 3 nitrogen and oxygen atoms in total. The molecule has 0 spiro atoms. The molecule has 4 aromatic rings. The molecule has 3 aromatic carbocycles. The lowest BCUT2D eigenvalue weighted by atomic mass is 10.1. The summed E-state index contributed by atoms with van der Waals surface area (Å²) >= 11 is 3.49. The molecule has 4 heteroatoms. The van der Waals surface area contributed by atoms with Gasteiger partial charge in [0.05, 0.1) is 11.4 Å². The van der Waals surface area contributed by atoms with Crippen LogP contribution in [0, 0.1) is 0 Å². The molecular weight excluding hydrogens is 398 g/mol. The van der Waals surface area contributed by atoms with Crippen LogP contribution in [0.4, 0.5) is 5.95 Å². The minimum atomic E-state index is 0.623. The van der Waals surface area contributed by atoms with E-state index in [4.69, 9.17) is 9.97 Å². The number of rotatable bonds is 5. The van der Waals surface area contributed by atoms with Crippen LogP contribution in [0.2, 0.25) is 0 Å². The third kappa shape index (κ3) is 4.41. The van der Waals surface area contributed by atoms with Crippen LogP contribution in [0.3, 0.4) is 0 Å². The largest absolute Gasteiger partial charge is 0.350 e. The van der Waals surface area contributed by atoms with E-state index in [0.717, 1.165) is 27.0 Å². The number of hydrogen-bond donors (Lipinski definition) is 1. The van der Waals surface area contributed by atoms with Crippen molar-refractivity contribution in [3.8, 4) is 22.5 Å². The first-order chi connectivity index (χ1) is 13.3. The third-order valence-electron chi connectivity index (χ3n) is 4.23. The van der Waals surface area contributed by atoms with E-state index in [1.165, 1.54) is 5.56 Å². The highest BCUT2D eigenvalue weighted by Crippen LogP contribution is 2.26. The van der Waals surface area contributed by atoms with Gasteiger partial charge in [-0.05, 0) is 23.8 Å². The van der Waals surface area contributed by atoms with Crippen molar-refractivity contribution < 1.29 is 0 Å². The number of aromatic nitrogens is 2. The van der Waals surface area contributed by atoms with Gasteiger partial charge in [-0.3, -0.25) is 0 Å². The topological polar surface area (TPSA) is 37.8 Å². The summed E-state index contributed by atoms with van der Waals surface area (Å²) in [6.07, 6.45) is 0. The van der Waals surface area contributed by atoms with Gasteiger partial charge in [0.2, 0.25) is 5.95 Å². The molecule has 0 bridgehead atoms. The zero-order chi connectivity index (χ0) is 18.5. The van der Waals surface area contributed by atoms with E-state index in [1.807, 2.05) is 54.6 Å². The van der Waals surface area contributed by atoms with Crippen molar-refractivity contribution >= 4 is 21.9 Å². The highest BCUT2D eigenvalue weighted by atomic mass is 79.9. The Morgan fingerprint density at radius 2 is 1.22 bits per heavy atom. The Balaban J connectivity index is 1.71. The van der Waals surface area contributed by atoms with Crippen molar-refractivity contribution in [2.75, 3.05) is 5.32 Å². The van der Waals surface area contributed by atoms with Crippen LogP contribution in [0.15, 0.2) is 95.5 Å². The molecule has 132 valence electrons. The van der Waals surface area contributed by atoms with E-state index in [9.17, 15) is 0 Å². The van der Waals surface area contributed by atoms with E-state index < -0.39 is 0 Å². The summed E-state index contributed by atoms with van der Waals surface area (Å²) in [4.78, 5) is 9.47. The molecule has 0 radical (unpaired) electrons. The van der Waals surface area contributed by atoms with Crippen molar-refractivity contribution in [3.05, 3.63) is 101 Å². The molecule has 0 saturated carbocycles. The highest BCUT2D eigenvalue weighted by Gasteiger charge is 2.09. The molecule has 0 aliphatic rings. The molecular formula is C23H18BrN3. The zero-order valence-corrected chi connectivity index (χ0v) is 16.2. The molecule has 0 saturated heterocycles. The van der Waals surface area contributed by atoms with E-state index in [2.05, 4.69) is 57.6 Å². The van der Waals surface area contributed by atoms with Gasteiger partial charge < -0.3 is 5.32 Å². The average molecular weight is 416 g/mol. The van der Waals surface area contributed by atoms with Crippen molar-refractivity contribution in [2.45, 2.75) is 6.54 Å². The first-order valence-corrected chi connectivity index (χ1v) is 9.55. The predicted octanol–water partition coefficient (Wildman–Crippen LogP) is 6.19. The Labute approximate surface area is 167 Å². The van der Waals surface area contributed by atoms with E-state index in [1.54, 1.807) is 0 Å². The average Bonchev–Trinajstić information content (AvgIpc) is 2.74. The molecule has 0 fully saturated rings. The lowest BCUT2D eigenvalue weighted by Crippen LogP contribution is -2.05. The summed E-state index contributed by atoms with van der Waals surface area (Å²) < 4.78 is 1.05. The molecule has 0 amide bonds. The number of hydrogen-bond acceptors (Lipinski definition) is 3. The Bertz CT molecular complexity index is 1020. The molecule has 0 unspecified atom stereocenters. The van der Waals surface area contributed by atoms with Crippen LogP contribution < -0.4 is 5.32 Å². The minimum Gasteiger partial charge on any atom is -0.350 e. The lowest BCUT2D eigenvalue weighted by molar-refractivity contribution is 1.06. The molecule has 1 heterocycles. The van der Waals surface area contributed by atoms with Gasteiger partial charge in [-0.25, -0.2) is 9.97 Å². The zero-order valence-electron chi connectivity index (χ0n) is 14.6. The van der Waals surface area contributed by atoms with Gasteiger partial charge in [-0.2, -0.15) is 0 Å². The molecule has 0 atom stereocenters. The lowest BCUT2D eigenvalue weighted by Gasteiger charge is -2.11. The molecule has 0 aliphatic heterocycles. The van der Waals surface area contributed by atoms with Gasteiger partial charge in [0.25, 0.3) is 0 Å². The molecule has 1 aromatic heterocycles. The second-order valence-corrected chi connectivity index (χ2v) is 7.09. The van der Waals surface area contributed by atoms with Crippen LogP contribution in [0.5, 0.6) is 0 Å². The fourth-order valence-corrected chi connectivity index (χ4v) is 3.09. The standard InChI is InChI=1S/C23H18BrN3/c24-20-13-11-19(12-14-20)22-15-21(18-9-5-2-6-10-18)26-23(27-22)25-16-17-7-3-1-4-8-17/h1-15H,16H2,(H,25,26,27). The maximum atomic E-state index is 4.74. The summed E-state index contributed by atoms with van der Waals surface area (Å²) in [5, 5.41) is 3.36. The van der Waals surface area contributed by atoms with Crippen LogP contribution in [0.1, 0.15) is 5.56 Å². The van der Waals surface area contributed by atoms with Crippen molar-refractivity contribution in [2.24, 2.45) is 0 Å². The van der Waals surface area contributed by atoms with Crippen molar-refractivity contribution in [1.29, 1.82) is 0 Å². The SMILES string of the molecule is Brc1ccc(-c2cc(-c3ccccc3)nc(NCc3ccccc3)n2)cc1. The number of nitrogens with zero attached hydrogens (tertiary/aromatic N) is 2. The second-order valence-electron chi connectivity index (χ2n) is 6.17. The van der Waals surface area contributed by atoms with Gasteiger partial charge >= 0.3 is 0 Å². The maximum Gasteiger partial charge on any atom is 0.224 e. The fraction of sp³-hybridized carbons (Fsp3) is 0.0435. The van der Waals surface area contributed by atoms with Gasteiger partial charge in [0, 0.05) is 22.1 Å². The van der Waals surface area contributed by atoms with Gasteiger partial charge in [0.15, 0.2) is 0 Å². The Morgan fingerprint density at radius 3 is 1.85 bits per heavy atom. The predicted molar refractivity (Wildman–Crippen MR) is 114 cm³/mol. The van der Waals surface area contributed by atoms with Gasteiger partial charge in [-0.15, -0.1) is 0 Å². The Morgan fingerprint density at radius 1 is 0.667 bits per heavy atom. The van der Waals surface area contributed by atoms with E-state index >= 15 is 0 Å². The smallest absolute Gasteiger partial charge is 0.224 e. The summed E-state index contributed by atoms with van der Waals surface area (Å²) in [5.74, 6) is 0.623. The monoisotopic (exact) mass is 415 g/mol. The second kappa shape index (κ2) is 8.14. The molecule has 4 rings (SSSR count). The van der Waals surface area contributed by atoms with E-state index in [0.29, 0.717) is 12.5 Å². The minimum absolute atomic E-state index is 0.623. The normalized spacial score (nSPS) is 10.6. The summed E-state index contributed by atoms with van der Waals surface area (Å²) in [5.41, 5.74) is 5.11. The number of nitrogens with one attached hydrogen (secondary N) is 1. The van der Waals surface area contributed by atoms with Gasteiger partial charge in [-0.1, -0.05) is 88.7 Å². The summed E-state index contributed by atoms with van der Waals surface area (Å²) in [6, 6.07) is 30.6. The number of benzene rings is 3. The first kappa shape index (κ1) is 17.4. The quantitative estimate of drug-likeness (QED) is 0.422. The third-order valence-corrected chi connectivity index (χ3v) is 4.76. The molecule has 0 aliphatic carbocycles. The van der Waals surface area contributed by atoms with Crippen LogP contribution >= 0.6 is 15.9 Å². The van der Waals surface area contributed by atoms with Crippen LogP contribution in [-0.4, -0.2) is 9.97 Å². The Kier molecular flexibility index (Phi) is 5.26. The Hall–Kier alpha value is -2.98.